The lowest BCUT2D eigenvalue weighted by Crippen LogP contribution is -2.26. The Morgan fingerprint density at radius 2 is 2.06 bits per heavy atom. The Hall–Kier alpha value is -0.890. The first-order valence-electron chi connectivity index (χ1n) is 6.06. The van der Waals surface area contributed by atoms with Gasteiger partial charge in [0.25, 0.3) is 0 Å². The molecule has 1 N–H and O–H groups in total. The number of hydrogen-bond donors (Lipinski definition) is 1. The van der Waals surface area contributed by atoms with Crippen LogP contribution in [0.25, 0.3) is 0 Å². The van der Waals surface area contributed by atoms with Crippen LogP contribution in [0.5, 0.6) is 0 Å². The van der Waals surface area contributed by atoms with Crippen LogP contribution in [0.15, 0.2) is 24.3 Å². The predicted octanol–water partition coefficient (Wildman–Crippen LogP) is 2.78. The summed E-state index contributed by atoms with van der Waals surface area (Å²) in [7, 11) is 0. The molecule has 0 aromatic heterocycles. The molecule has 0 saturated heterocycles. The standard InChI is InChI=1S/C14H17FO/c15-13-3-1-2-10(4-13)6-14(9-16)7-11-5-12(11)8-14/h1-4,11-12,16H,5-9H2. The summed E-state index contributed by atoms with van der Waals surface area (Å²) < 4.78 is 13.1. The molecule has 0 bridgehead atoms. The summed E-state index contributed by atoms with van der Waals surface area (Å²) in [6.45, 7) is 0.247. The Balaban J connectivity index is 1.77. The van der Waals surface area contributed by atoms with E-state index in [1.165, 1.54) is 12.5 Å². The van der Waals surface area contributed by atoms with Gasteiger partial charge in [0.05, 0.1) is 0 Å². The average Bonchev–Trinajstić information content (AvgIpc) is 2.87. The quantitative estimate of drug-likeness (QED) is 0.830. The summed E-state index contributed by atoms with van der Waals surface area (Å²) in [4.78, 5) is 0. The summed E-state index contributed by atoms with van der Waals surface area (Å²) in [5, 5.41) is 9.59. The molecule has 1 aromatic rings. The summed E-state index contributed by atoms with van der Waals surface area (Å²) in [5.41, 5.74) is 1.07. The van der Waals surface area contributed by atoms with Gasteiger partial charge in [-0.25, -0.2) is 4.39 Å². The molecule has 2 heteroatoms. The minimum Gasteiger partial charge on any atom is -0.396 e. The van der Waals surface area contributed by atoms with Gasteiger partial charge in [-0.2, -0.15) is 0 Å². The molecule has 2 unspecified atom stereocenters. The van der Waals surface area contributed by atoms with Crippen LogP contribution in [0.3, 0.4) is 0 Å². The van der Waals surface area contributed by atoms with Crippen molar-refractivity contribution in [3.8, 4) is 0 Å². The van der Waals surface area contributed by atoms with Crippen molar-refractivity contribution in [2.45, 2.75) is 25.7 Å². The van der Waals surface area contributed by atoms with E-state index in [4.69, 9.17) is 0 Å². The Bertz CT molecular complexity index is 391. The van der Waals surface area contributed by atoms with Gasteiger partial charge >= 0.3 is 0 Å². The van der Waals surface area contributed by atoms with E-state index in [0.717, 1.165) is 36.7 Å². The van der Waals surface area contributed by atoms with Crippen molar-refractivity contribution in [2.75, 3.05) is 6.61 Å². The molecule has 2 aliphatic carbocycles. The molecular formula is C14H17FO. The monoisotopic (exact) mass is 220 g/mol. The lowest BCUT2D eigenvalue weighted by Gasteiger charge is -2.28. The molecule has 3 rings (SSSR count). The number of aliphatic hydroxyl groups is 1. The first-order chi connectivity index (χ1) is 7.71. The van der Waals surface area contributed by atoms with E-state index in [2.05, 4.69) is 0 Å². The second-order valence-corrected chi connectivity index (χ2v) is 5.63. The zero-order chi connectivity index (χ0) is 11.2. The van der Waals surface area contributed by atoms with E-state index in [0.29, 0.717) is 0 Å². The lowest BCUT2D eigenvalue weighted by molar-refractivity contribution is 0.117. The highest BCUT2D eigenvalue weighted by atomic mass is 19.1. The van der Waals surface area contributed by atoms with Crippen molar-refractivity contribution in [3.63, 3.8) is 0 Å². The van der Waals surface area contributed by atoms with Crippen molar-refractivity contribution in [3.05, 3.63) is 35.6 Å². The van der Waals surface area contributed by atoms with Gasteiger partial charge in [-0.3, -0.25) is 0 Å². The fourth-order valence-corrected chi connectivity index (χ4v) is 3.42. The zero-order valence-corrected chi connectivity index (χ0v) is 9.32. The number of halogens is 1. The number of rotatable bonds is 3. The van der Waals surface area contributed by atoms with Crippen LogP contribution in [0.2, 0.25) is 0 Å². The van der Waals surface area contributed by atoms with Crippen molar-refractivity contribution >= 4 is 0 Å². The van der Waals surface area contributed by atoms with E-state index < -0.39 is 0 Å². The summed E-state index contributed by atoms with van der Waals surface area (Å²) >= 11 is 0. The van der Waals surface area contributed by atoms with Gasteiger partial charge in [-0.15, -0.1) is 0 Å². The smallest absolute Gasteiger partial charge is 0.123 e. The lowest BCUT2D eigenvalue weighted by atomic mass is 9.78. The Kier molecular flexibility index (Phi) is 2.28. The van der Waals surface area contributed by atoms with Crippen LogP contribution >= 0.6 is 0 Å². The third-order valence-corrected chi connectivity index (χ3v) is 4.26. The maximum atomic E-state index is 13.1. The molecule has 0 amide bonds. The van der Waals surface area contributed by atoms with Crippen LogP contribution in [-0.2, 0) is 6.42 Å². The van der Waals surface area contributed by atoms with E-state index in [1.807, 2.05) is 6.07 Å². The van der Waals surface area contributed by atoms with Crippen LogP contribution in [0, 0.1) is 23.1 Å². The van der Waals surface area contributed by atoms with Crippen molar-refractivity contribution in [1.29, 1.82) is 0 Å². The topological polar surface area (TPSA) is 20.2 Å². The minimum atomic E-state index is -0.172. The number of aliphatic hydroxyl groups excluding tert-OH is 1. The number of fused-ring (bicyclic) bond motifs is 1. The highest BCUT2D eigenvalue weighted by molar-refractivity contribution is 5.19. The summed E-state index contributed by atoms with van der Waals surface area (Å²) in [6.07, 6.45) is 4.44. The van der Waals surface area contributed by atoms with Crippen LogP contribution < -0.4 is 0 Å². The van der Waals surface area contributed by atoms with Gasteiger partial charge < -0.3 is 5.11 Å². The van der Waals surface area contributed by atoms with Crippen molar-refractivity contribution in [2.24, 2.45) is 17.3 Å². The maximum absolute atomic E-state index is 13.1. The second kappa shape index (κ2) is 3.56. The molecule has 2 saturated carbocycles. The highest BCUT2D eigenvalue weighted by Crippen LogP contribution is 2.60. The molecule has 1 aromatic carbocycles. The first-order valence-corrected chi connectivity index (χ1v) is 6.06. The van der Waals surface area contributed by atoms with Crippen LogP contribution in [0.4, 0.5) is 4.39 Å². The molecule has 0 heterocycles. The molecule has 2 fully saturated rings. The largest absolute Gasteiger partial charge is 0.396 e. The van der Waals surface area contributed by atoms with Gasteiger partial charge in [-0.1, -0.05) is 12.1 Å². The van der Waals surface area contributed by atoms with Crippen molar-refractivity contribution < 1.29 is 9.50 Å². The fraction of sp³-hybridized carbons (Fsp3) is 0.571. The summed E-state index contributed by atoms with van der Waals surface area (Å²) in [6, 6.07) is 6.79. The van der Waals surface area contributed by atoms with Gasteiger partial charge in [0.2, 0.25) is 0 Å². The summed E-state index contributed by atoms with van der Waals surface area (Å²) in [5.74, 6) is 1.52. The minimum absolute atomic E-state index is 0.0430. The zero-order valence-electron chi connectivity index (χ0n) is 9.32. The Labute approximate surface area is 95.3 Å². The van der Waals surface area contributed by atoms with Gasteiger partial charge in [0, 0.05) is 6.61 Å². The molecule has 2 aliphatic rings. The number of hydrogen-bond acceptors (Lipinski definition) is 1. The van der Waals surface area contributed by atoms with E-state index >= 15 is 0 Å². The molecule has 16 heavy (non-hydrogen) atoms. The Morgan fingerprint density at radius 3 is 2.69 bits per heavy atom. The molecule has 0 aliphatic heterocycles. The maximum Gasteiger partial charge on any atom is 0.123 e. The average molecular weight is 220 g/mol. The normalized spacial score (nSPS) is 36.1. The molecule has 0 radical (unpaired) electrons. The van der Waals surface area contributed by atoms with Gasteiger partial charge in [0.15, 0.2) is 0 Å². The van der Waals surface area contributed by atoms with Crippen molar-refractivity contribution in [1.82, 2.24) is 0 Å². The number of benzene rings is 1. The van der Waals surface area contributed by atoms with Gasteiger partial charge in [0.1, 0.15) is 5.82 Å². The third-order valence-electron chi connectivity index (χ3n) is 4.26. The molecule has 0 spiro atoms. The predicted molar refractivity (Wildman–Crippen MR) is 60.5 cm³/mol. The van der Waals surface area contributed by atoms with Crippen LogP contribution in [0.1, 0.15) is 24.8 Å². The second-order valence-electron chi connectivity index (χ2n) is 5.63. The van der Waals surface area contributed by atoms with Crippen LogP contribution in [-0.4, -0.2) is 11.7 Å². The molecule has 1 nitrogen and oxygen atoms in total. The molecule has 86 valence electrons. The SMILES string of the molecule is OCC1(Cc2cccc(F)c2)CC2CC2C1. The highest BCUT2D eigenvalue weighted by Gasteiger charge is 2.53. The first kappa shape index (κ1) is 10.3. The molecular weight excluding hydrogens is 203 g/mol. The van der Waals surface area contributed by atoms with E-state index in [9.17, 15) is 9.50 Å². The van der Waals surface area contributed by atoms with E-state index in [1.54, 1.807) is 12.1 Å². The Morgan fingerprint density at radius 1 is 1.31 bits per heavy atom. The fourth-order valence-electron chi connectivity index (χ4n) is 3.42. The third kappa shape index (κ3) is 1.75. The van der Waals surface area contributed by atoms with Gasteiger partial charge in [-0.05, 0) is 60.6 Å². The molecule has 2 atom stereocenters. The van der Waals surface area contributed by atoms with E-state index in [-0.39, 0.29) is 17.8 Å².